The monoisotopic (exact) mass is 246 g/mol. The molecule has 0 spiro atoms. The molecule has 0 atom stereocenters. The summed E-state index contributed by atoms with van der Waals surface area (Å²) in [5, 5.41) is 4.05. The second-order valence-corrected chi connectivity index (χ2v) is 4.58. The van der Waals surface area contributed by atoms with E-state index >= 15 is 0 Å². The number of aldehydes is 1. The topological polar surface area (TPSA) is 34.9 Å². The molecule has 1 aromatic carbocycles. The van der Waals surface area contributed by atoms with Gasteiger partial charge in [-0.15, -0.1) is 0 Å². The van der Waals surface area contributed by atoms with Gasteiger partial charge in [0.25, 0.3) is 0 Å². The second kappa shape index (κ2) is 4.72. The Morgan fingerprint density at radius 1 is 1.33 bits per heavy atom. The summed E-state index contributed by atoms with van der Waals surface area (Å²) in [7, 11) is 0. The molecular weight excluding hydrogens is 231 g/mol. The second-order valence-electron chi connectivity index (χ2n) is 4.58. The van der Waals surface area contributed by atoms with E-state index in [0.29, 0.717) is 11.1 Å². The molecule has 1 aromatic heterocycles. The van der Waals surface area contributed by atoms with E-state index in [1.165, 1.54) is 10.9 Å². The number of aromatic nitrogens is 2. The van der Waals surface area contributed by atoms with Gasteiger partial charge in [0.05, 0.1) is 11.8 Å². The van der Waals surface area contributed by atoms with Crippen molar-refractivity contribution in [1.82, 2.24) is 9.78 Å². The fourth-order valence-electron chi connectivity index (χ4n) is 1.95. The maximum atomic E-state index is 14.2. The zero-order chi connectivity index (χ0) is 13.3. The van der Waals surface area contributed by atoms with Gasteiger partial charge < -0.3 is 0 Å². The zero-order valence-electron chi connectivity index (χ0n) is 10.6. The SMILES string of the molecule is Cc1cc(C=O)ccc1-c1cnn(C(C)C)c1F. The van der Waals surface area contributed by atoms with E-state index in [0.717, 1.165) is 17.4 Å². The van der Waals surface area contributed by atoms with Crippen molar-refractivity contribution in [2.75, 3.05) is 0 Å². The lowest BCUT2D eigenvalue weighted by molar-refractivity contribution is 0.112. The largest absolute Gasteiger partial charge is 0.298 e. The highest BCUT2D eigenvalue weighted by molar-refractivity contribution is 5.78. The molecule has 3 nitrogen and oxygen atoms in total. The number of benzene rings is 1. The highest BCUT2D eigenvalue weighted by Crippen LogP contribution is 2.27. The van der Waals surface area contributed by atoms with Crippen molar-refractivity contribution in [3.05, 3.63) is 41.5 Å². The van der Waals surface area contributed by atoms with Gasteiger partial charge in [0, 0.05) is 11.6 Å². The van der Waals surface area contributed by atoms with Crippen molar-refractivity contribution in [2.24, 2.45) is 0 Å². The maximum Gasteiger partial charge on any atom is 0.219 e. The Labute approximate surface area is 105 Å². The summed E-state index contributed by atoms with van der Waals surface area (Å²) >= 11 is 0. The Hall–Kier alpha value is -1.97. The van der Waals surface area contributed by atoms with Crippen LogP contribution in [0, 0.1) is 12.9 Å². The molecular formula is C14H15FN2O. The molecule has 4 heteroatoms. The fraction of sp³-hybridized carbons (Fsp3) is 0.286. The van der Waals surface area contributed by atoms with Crippen LogP contribution in [0.5, 0.6) is 0 Å². The maximum absolute atomic E-state index is 14.2. The number of carbonyl (C=O) groups excluding carboxylic acids is 1. The van der Waals surface area contributed by atoms with Crippen LogP contribution in [0.25, 0.3) is 11.1 Å². The van der Waals surface area contributed by atoms with E-state index in [1.807, 2.05) is 20.8 Å². The molecule has 94 valence electrons. The van der Waals surface area contributed by atoms with Gasteiger partial charge in [0.15, 0.2) is 0 Å². The van der Waals surface area contributed by atoms with Crippen LogP contribution in [-0.4, -0.2) is 16.1 Å². The Morgan fingerprint density at radius 3 is 2.56 bits per heavy atom. The minimum absolute atomic E-state index is 0.0201. The molecule has 0 saturated carbocycles. The minimum atomic E-state index is -0.341. The quantitative estimate of drug-likeness (QED) is 0.778. The molecule has 0 fully saturated rings. The number of rotatable bonds is 3. The van der Waals surface area contributed by atoms with Gasteiger partial charge in [-0.2, -0.15) is 9.49 Å². The first-order chi connectivity index (χ1) is 8.54. The molecule has 0 N–H and O–H groups in total. The standard InChI is InChI=1S/C14H15FN2O/c1-9(2)17-14(15)13(7-16-17)12-5-4-11(8-18)6-10(12)3/h4-9H,1-3H3. The first-order valence-corrected chi connectivity index (χ1v) is 5.83. The van der Waals surface area contributed by atoms with Crippen LogP contribution < -0.4 is 0 Å². The lowest BCUT2D eigenvalue weighted by Gasteiger charge is -2.07. The van der Waals surface area contributed by atoms with E-state index < -0.39 is 0 Å². The molecule has 0 aliphatic carbocycles. The number of nitrogens with zero attached hydrogens (tertiary/aromatic N) is 2. The smallest absolute Gasteiger partial charge is 0.219 e. The summed E-state index contributed by atoms with van der Waals surface area (Å²) in [6.07, 6.45) is 2.31. The van der Waals surface area contributed by atoms with Crippen LogP contribution in [0.1, 0.15) is 35.8 Å². The molecule has 2 aromatic rings. The van der Waals surface area contributed by atoms with Crippen molar-refractivity contribution < 1.29 is 9.18 Å². The van der Waals surface area contributed by atoms with Crippen molar-refractivity contribution in [3.63, 3.8) is 0 Å². The molecule has 0 unspecified atom stereocenters. The van der Waals surface area contributed by atoms with Gasteiger partial charge in [-0.1, -0.05) is 12.1 Å². The number of hydrogen-bond donors (Lipinski definition) is 0. The summed E-state index contributed by atoms with van der Waals surface area (Å²) < 4.78 is 15.5. The van der Waals surface area contributed by atoms with Gasteiger partial charge >= 0.3 is 0 Å². The first kappa shape index (κ1) is 12.5. The van der Waals surface area contributed by atoms with Gasteiger partial charge in [-0.05, 0) is 38.0 Å². The molecule has 1 heterocycles. The molecule has 18 heavy (non-hydrogen) atoms. The molecule has 0 saturated heterocycles. The molecule has 2 rings (SSSR count). The molecule has 0 aliphatic rings. The van der Waals surface area contributed by atoms with Crippen molar-refractivity contribution in [3.8, 4) is 11.1 Å². The molecule has 0 aliphatic heterocycles. The number of halogens is 1. The van der Waals surface area contributed by atoms with Crippen molar-refractivity contribution in [2.45, 2.75) is 26.8 Å². The Kier molecular flexibility index (Phi) is 3.28. The van der Waals surface area contributed by atoms with Gasteiger partial charge in [-0.3, -0.25) is 4.79 Å². The van der Waals surface area contributed by atoms with E-state index in [4.69, 9.17) is 0 Å². The van der Waals surface area contributed by atoms with Crippen LogP contribution in [0.2, 0.25) is 0 Å². The predicted molar refractivity (Wildman–Crippen MR) is 68.1 cm³/mol. The molecule has 0 radical (unpaired) electrons. The number of hydrogen-bond acceptors (Lipinski definition) is 2. The third kappa shape index (κ3) is 2.06. The van der Waals surface area contributed by atoms with Crippen molar-refractivity contribution >= 4 is 6.29 Å². The summed E-state index contributed by atoms with van der Waals surface area (Å²) in [5.41, 5.74) is 2.69. The van der Waals surface area contributed by atoms with Crippen LogP contribution in [0.4, 0.5) is 4.39 Å². The zero-order valence-corrected chi connectivity index (χ0v) is 10.6. The molecule has 0 amide bonds. The average Bonchev–Trinajstić information content (AvgIpc) is 2.71. The van der Waals surface area contributed by atoms with Gasteiger partial charge in [0.2, 0.25) is 5.95 Å². The first-order valence-electron chi connectivity index (χ1n) is 5.83. The number of carbonyl (C=O) groups is 1. The minimum Gasteiger partial charge on any atom is -0.298 e. The predicted octanol–water partition coefficient (Wildman–Crippen LogP) is 3.39. The Morgan fingerprint density at radius 2 is 2.06 bits per heavy atom. The van der Waals surface area contributed by atoms with Crippen LogP contribution in [0.15, 0.2) is 24.4 Å². The van der Waals surface area contributed by atoms with E-state index in [9.17, 15) is 9.18 Å². The summed E-state index contributed by atoms with van der Waals surface area (Å²) in [6, 6.07) is 5.16. The highest BCUT2D eigenvalue weighted by Gasteiger charge is 2.15. The van der Waals surface area contributed by atoms with Gasteiger partial charge in [-0.25, -0.2) is 4.68 Å². The Balaban J connectivity index is 2.52. The van der Waals surface area contributed by atoms with Crippen molar-refractivity contribution in [1.29, 1.82) is 0 Å². The van der Waals surface area contributed by atoms with Crippen LogP contribution in [-0.2, 0) is 0 Å². The van der Waals surface area contributed by atoms with E-state index in [-0.39, 0.29) is 12.0 Å². The highest BCUT2D eigenvalue weighted by atomic mass is 19.1. The summed E-state index contributed by atoms with van der Waals surface area (Å²) in [5.74, 6) is -0.341. The van der Waals surface area contributed by atoms with E-state index in [2.05, 4.69) is 5.10 Å². The normalized spacial score (nSPS) is 10.9. The fourth-order valence-corrected chi connectivity index (χ4v) is 1.95. The summed E-state index contributed by atoms with van der Waals surface area (Å²) in [4.78, 5) is 10.7. The molecule has 0 bridgehead atoms. The third-order valence-corrected chi connectivity index (χ3v) is 2.90. The lowest BCUT2D eigenvalue weighted by Crippen LogP contribution is -2.05. The van der Waals surface area contributed by atoms with Crippen LogP contribution >= 0.6 is 0 Å². The van der Waals surface area contributed by atoms with E-state index in [1.54, 1.807) is 18.2 Å². The lowest BCUT2D eigenvalue weighted by atomic mass is 10.0. The summed E-state index contributed by atoms with van der Waals surface area (Å²) in [6.45, 7) is 5.61. The number of aryl methyl sites for hydroxylation is 1. The van der Waals surface area contributed by atoms with Gasteiger partial charge in [0.1, 0.15) is 6.29 Å². The third-order valence-electron chi connectivity index (χ3n) is 2.90. The van der Waals surface area contributed by atoms with Crippen LogP contribution in [0.3, 0.4) is 0 Å². The Bertz CT molecular complexity index is 587. The average molecular weight is 246 g/mol.